The van der Waals surface area contributed by atoms with Crippen molar-refractivity contribution in [2.75, 3.05) is 17.9 Å². The van der Waals surface area contributed by atoms with Crippen molar-refractivity contribution >= 4 is 21.9 Å². The molecule has 0 unspecified atom stereocenters. The van der Waals surface area contributed by atoms with Crippen LogP contribution in [0.3, 0.4) is 0 Å². The molecule has 9 nitrogen and oxygen atoms in total. The minimum absolute atomic E-state index is 0.0463. The Morgan fingerprint density at radius 1 is 1.00 bits per heavy atom. The van der Waals surface area contributed by atoms with Crippen LogP contribution in [0.2, 0.25) is 0 Å². The Labute approximate surface area is 266 Å². The normalized spacial score (nSPS) is 25.8. The van der Waals surface area contributed by atoms with Crippen molar-refractivity contribution in [3.05, 3.63) is 65.2 Å². The Balaban J connectivity index is 1.45. The first-order valence-corrected chi connectivity index (χ1v) is 17.1. The lowest BCUT2D eigenvalue weighted by atomic mass is 9.31. The summed E-state index contributed by atoms with van der Waals surface area (Å²) in [6, 6.07) is 13.5. The molecule has 240 valence electrons. The van der Waals surface area contributed by atoms with Crippen molar-refractivity contribution in [3.8, 4) is 17.1 Å². The number of hydrogen-bond acceptors (Lipinski definition) is 7. The predicted molar refractivity (Wildman–Crippen MR) is 174 cm³/mol. The maximum absolute atomic E-state index is 14.4. The highest BCUT2D eigenvalue weighted by Gasteiger charge is 2.73. The first kappa shape index (κ1) is 31.5. The highest BCUT2D eigenvalue weighted by atomic mass is 32.2. The van der Waals surface area contributed by atoms with Crippen LogP contribution in [-0.4, -0.2) is 59.1 Å². The molecule has 10 heteroatoms. The molecule has 0 spiro atoms. The zero-order valence-electron chi connectivity index (χ0n) is 27.3. The molecule has 1 aromatic heterocycles. The third-order valence-corrected chi connectivity index (χ3v) is 11.3. The number of aromatic nitrogens is 2. The van der Waals surface area contributed by atoms with Gasteiger partial charge in [0.25, 0.3) is 15.9 Å². The molecule has 6 bridgehead atoms. The van der Waals surface area contributed by atoms with Gasteiger partial charge in [0.1, 0.15) is 6.61 Å². The molecule has 1 atom stereocenters. The fourth-order valence-corrected chi connectivity index (χ4v) is 8.71. The zero-order chi connectivity index (χ0) is 32.6. The highest BCUT2D eigenvalue weighted by molar-refractivity contribution is 7.92. The molecular weight excluding hydrogens is 588 g/mol. The molecule has 1 aliphatic heterocycles. The summed E-state index contributed by atoms with van der Waals surface area (Å²) >= 11 is 0. The summed E-state index contributed by atoms with van der Waals surface area (Å²) in [6.45, 7) is 14.8. The number of hydrogen-bond donors (Lipinski definition) is 2. The molecule has 0 saturated heterocycles. The third kappa shape index (κ3) is 5.83. The van der Waals surface area contributed by atoms with E-state index < -0.39 is 15.6 Å². The first-order chi connectivity index (χ1) is 20.9. The van der Waals surface area contributed by atoms with Crippen molar-refractivity contribution < 1.29 is 23.1 Å². The second-order valence-corrected chi connectivity index (χ2v) is 17.0. The second kappa shape index (κ2) is 10.5. The number of aryl methyl sites for hydroxylation is 2. The van der Waals surface area contributed by atoms with Gasteiger partial charge in [-0.15, -0.1) is 0 Å². The van der Waals surface area contributed by atoms with Crippen LogP contribution in [0, 0.1) is 30.1 Å². The van der Waals surface area contributed by atoms with E-state index in [4.69, 9.17) is 4.74 Å². The van der Waals surface area contributed by atoms with E-state index in [9.17, 15) is 18.3 Å². The van der Waals surface area contributed by atoms with E-state index in [1.807, 2.05) is 50.8 Å². The van der Waals surface area contributed by atoms with Crippen molar-refractivity contribution in [2.24, 2.45) is 16.2 Å². The summed E-state index contributed by atoms with van der Waals surface area (Å²) < 4.78 is 36.2. The van der Waals surface area contributed by atoms with E-state index in [0.29, 0.717) is 24.2 Å². The van der Waals surface area contributed by atoms with Gasteiger partial charge in [-0.1, -0.05) is 45.0 Å². The molecular formula is C35H44N4O5S. The fraction of sp³-hybridized carbons (Fsp3) is 0.514. The van der Waals surface area contributed by atoms with Crippen molar-refractivity contribution in [1.29, 1.82) is 0 Å². The number of nitrogens with zero attached hydrogens (tertiary/aromatic N) is 3. The minimum Gasteiger partial charge on any atom is -0.475 e. The lowest BCUT2D eigenvalue weighted by molar-refractivity contribution is -0.290. The second-order valence-electron chi connectivity index (χ2n) is 15.3. The van der Waals surface area contributed by atoms with Crippen LogP contribution in [0.5, 0.6) is 5.88 Å². The van der Waals surface area contributed by atoms with E-state index >= 15 is 0 Å². The maximum Gasteiger partial charge on any atom is 0.264 e. The number of rotatable bonds is 5. The molecule has 2 aromatic carbocycles. The Morgan fingerprint density at radius 3 is 2.27 bits per heavy atom. The molecule has 3 aromatic rings. The highest BCUT2D eigenvalue weighted by Crippen LogP contribution is 2.77. The molecule has 3 saturated carbocycles. The molecule has 4 aliphatic rings. The summed E-state index contributed by atoms with van der Waals surface area (Å²) in [5.41, 5.74) is 2.59. The standard InChI is InChI=1S/C35H44N4O5S/c1-22-10-8-11-23(2)29(22)27-15-28-37-31(36-27)38-45(42,43)26-13-9-12-24(14-26)30(40)39(25(17-44-28)16-32(3,4)5)21-34-18-35(19-34,20-34)33(6,7)41/h8-15,25,41H,16-21H2,1-7H3,(H,36,37,38)/t25-,34?,35?/m1/s1. The van der Waals surface area contributed by atoms with Gasteiger partial charge in [-0.05, 0) is 93.5 Å². The summed E-state index contributed by atoms with van der Waals surface area (Å²) in [6.07, 6.45) is 3.21. The van der Waals surface area contributed by atoms with E-state index in [-0.39, 0.29) is 51.5 Å². The average molecular weight is 633 g/mol. The Morgan fingerprint density at radius 2 is 1.64 bits per heavy atom. The molecule has 3 fully saturated rings. The summed E-state index contributed by atoms with van der Waals surface area (Å²) in [5.74, 6) is -0.111. The Bertz CT molecular complexity index is 1730. The van der Waals surface area contributed by atoms with Crippen LogP contribution in [0.1, 0.15) is 81.8 Å². The van der Waals surface area contributed by atoms with Crippen LogP contribution in [-0.2, 0) is 10.0 Å². The number of anilines is 1. The number of carbonyl (C=O) groups excluding carboxylic acids is 1. The Kier molecular flexibility index (Phi) is 7.36. The predicted octanol–water partition coefficient (Wildman–Crippen LogP) is 6.14. The van der Waals surface area contributed by atoms with E-state index in [0.717, 1.165) is 36.0 Å². The maximum atomic E-state index is 14.4. The summed E-state index contributed by atoms with van der Waals surface area (Å²) in [4.78, 5) is 25.4. The van der Waals surface area contributed by atoms with Gasteiger partial charge in [-0.2, -0.15) is 4.98 Å². The summed E-state index contributed by atoms with van der Waals surface area (Å²) in [5, 5.41) is 10.8. The third-order valence-electron chi connectivity index (χ3n) is 9.97. The van der Waals surface area contributed by atoms with Crippen molar-refractivity contribution in [3.63, 3.8) is 0 Å². The number of amides is 1. The van der Waals surface area contributed by atoms with Gasteiger partial charge in [-0.25, -0.2) is 18.1 Å². The number of nitrogens with one attached hydrogen (secondary N) is 1. The van der Waals surface area contributed by atoms with Gasteiger partial charge in [-0.3, -0.25) is 4.79 Å². The van der Waals surface area contributed by atoms with Gasteiger partial charge in [0.15, 0.2) is 0 Å². The monoisotopic (exact) mass is 632 g/mol. The molecule has 1 amide bonds. The molecule has 3 aliphatic carbocycles. The quantitative estimate of drug-likeness (QED) is 0.347. The number of benzene rings is 2. The van der Waals surface area contributed by atoms with E-state index in [2.05, 4.69) is 35.5 Å². The van der Waals surface area contributed by atoms with Crippen LogP contribution in [0.15, 0.2) is 53.4 Å². The lowest BCUT2D eigenvalue weighted by Gasteiger charge is -2.75. The number of sulfonamides is 1. The molecule has 2 heterocycles. The average Bonchev–Trinajstić information content (AvgIpc) is 2.87. The largest absolute Gasteiger partial charge is 0.475 e. The van der Waals surface area contributed by atoms with Crippen LogP contribution >= 0.6 is 0 Å². The van der Waals surface area contributed by atoms with E-state index in [1.54, 1.807) is 18.2 Å². The minimum atomic E-state index is -4.14. The molecule has 0 radical (unpaired) electrons. The van der Waals surface area contributed by atoms with Gasteiger partial charge in [0.2, 0.25) is 11.8 Å². The van der Waals surface area contributed by atoms with E-state index in [1.165, 1.54) is 12.1 Å². The summed E-state index contributed by atoms with van der Waals surface area (Å²) in [7, 11) is -4.14. The number of ether oxygens (including phenoxy) is 1. The van der Waals surface area contributed by atoms with Crippen LogP contribution < -0.4 is 9.46 Å². The van der Waals surface area contributed by atoms with Gasteiger partial charge < -0.3 is 14.7 Å². The van der Waals surface area contributed by atoms with Gasteiger partial charge in [0, 0.05) is 29.2 Å². The smallest absolute Gasteiger partial charge is 0.264 e. The van der Waals surface area contributed by atoms with Crippen molar-refractivity contribution in [2.45, 2.75) is 90.7 Å². The first-order valence-electron chi connectivity index (χ1n) is 15.6. The molecule has 2 N–H and O–H groups in total. The van der Waals surface area contributed by atoms with Gasteiger partial charge in [0.05, 0.1) is 22.2 Å². The molecule has 45 heavy (non-hydrogen) atoms. The number of aliphatic hydroxyl groups is 1. The van der Waals surface area contributed by atoms with Crippen molar-refractivity contribution in [1.82, 2.24) is 14.9 Å². The van der Waals surface area contributed by atoms with Crippen LogP contribution in [0.25, 0.3) is 11.3 Å². The number of carbonyl (C=O) groups is 1. The zero-order valence-corrected chi connectivity index (χ0v) is 28.1. The number of fused-ring (bicyclic) bond motifs is 4. The SMILES string of the molecule is Cc1cccc(C)c1-c1cc2nc(n1)NS(=O)(=O)c1cccc(c1)C(=O)N(CC13CC(C(C)(C)O)(C1)C3)[C@H](CC(C)(C)C)CO2. The lowest BCUT2D eigenvalue weighted by Crippen LogP contribution is -2.73. The molecule has 7 rings (SSSR count). The fourth-order valence-electron chi connectivity index (χ4n) is 7.72. The Hall–Kier alpha value is -3.50. The van der Waals surface area contributed by atoms with Gasteiger partial charge >= 0.3 is 0 Å². The van der Waals surface area contributed by atoms with Crippen LogP contribution in [0.4, 0.5) is 5.95 Å². The topological polar surface area (TPSA) is 122 Å².